The molecule has 0 aliphatic carbocycles. The molecule has 0 saturated carbocycles. The third-order valence-electron chi connectivity index (χ3n) is 2.97. The first-order valence-electron chi connectivity index (χ1n) is 6.89. The van der Waals surface area contributed by atoms with Crippen molar-refractivity contribution in [1.82, 2.24) is 9.78 Å². The molecular formula is C15H20N4O2. The van der Waals surface area contributed by atoms with Crippen LogP contribution < -0.4 is 15.8 Å². The molecule has 6 heteroatoms. The van der Waals surface area contributed by atoms with E-state index in [0.29, 0.717) is 29.3 Å². The second kappa shape index (κ2) is 6.30. The Hall–Kier alpha value is -2.50. The predicted octanol–water partition coefficient (Wildman–Crippen LogP) is 2.70. The van der Waals surface area contributed by atoms with Crippen LogP contribution >= 0.6 is 0 Å². The molecule has 1 heterocycles. The highest BCUT2D eigenvalue weighted by molar-refractivity contribution is 6.09. The van der Waals surface area contributed by atoms with Crippen molar-refractivity contribution in [2.24, 2.45) is 0 Å². The van der Waals surface area contributed by atoms with E-state index in [-0.39, 0.29) is 11.9 Å². The lowest BCUT2D eigenvalue weighted by atomic mass is 10.1. The zero-order valence-corrected chi connectivity index (χ0v) is 12.5. The Morgan fingerprint density at radius 1 is 1.48 bits per heavy atom. The van der Waals surface area contributed by atoms with Crippen LogP contribution in [-0.4, -0.2) is 22.3 Å². The van der Waals surface area contributed by atoms with Crippen molar-refractivity contribution in [1.29, 1.82) is 0 Å². The Balaban J connectivity index is 2.23. The lowest BCUT2D eigenvalue weighted by Crippen LogP contribution is -2.15. The Labute approximate surface area is 123 Å². The first kappa shape index (κ1) is 14.9. The molecule has 0 bridgehead atoms. The van der Waals surface area contributed by atoms with Crippen molar-refractivity contribution in [3.63, 3.8) is 0 Å². The van der Waals surface area contributed by atoms with E-state index in [2.05, 4.69) is 10.4 Å². The fraction of sp³-hybridized carbons (Fsp3) is 0.333. The number of nitrogen functional groups attached to an aromatic ring is 1. The molecular weight excluding hydrogens is 268 g/mol. The van der Waals surface area contributed by atoms with Gasteiger partial charge < -0.3 is 15.8 Å². The molecule has 2 rings (SSSR count). The maximum atomic E-state index is 12.4. The van der Waals surface area contributed by atoms with Crippen molar-refractivity contribution in [3.05, 3.63) is 36.2 Å². The SMILES string of the molecule is CCOc1cccc(N)c1C(=O)Nc1cnn(C(C)C)c1. The first-order chi connectivity index (χ1) is 10.0. The van der Waals surface area contributed by atoms with Crippen LogP contribution in [0.2, 0.25) is 0 Å². The summed E-state index contributed by atoms with van der Waals surface area (Å²) in [4.78, 5) is 12.4. The fourth-order valence-electron chi connectivity index (χ4n) is 1.95. The van der Waals surface area contributed by atoms with E-state index in [4.69, 9.17) is 10.5 Å². The molecule has 2 aromatic rings. The van der Waals surface area contributed by atoms with Gasteiger partial charge in [-0.1, -0.05) is 6.07 Å². The topological polar surface area (TPSA) is 82.2 Å². The summed E-state index contributed by atoms with van der Waals surface area (Å²) in [7, 11) is 0. The third kappa shape index (κ3) is 3.34. The summed E-state index contributed by atoms with van der Waals surface area (Å²) in [5.41, 5.74) is 7.25. The Kier molecular flexibility index (Phi) is 4.47. The molecule has 0 saturated heterocycles. The molecule has 0 spiro atoms. The molecule has 6 nitrogen and oxygen atoms in total. The summed E-state index contributed by atoms with van der Waals surface area (Å²) >= 11 is 0. The number of carbonyl (C=O) groups excluding carboxylic acids is 1. The minimum absolute atomic E-state index is 0.233. The van der Waals surface area contributed by atoms with Crippen LogP contribution in [-0.2, 0) is 0 Å². The summed E-state index contributed by atoms with van der Waals surface area (Å²) in [5, 5.41) is 6.97. The molecule has 112 valence electrons. The Morgan fingerprint density at radius 2 is 2.24 bits per heavy atom. The standard InChI is InChI=1S/C15H20N4O2/c1-4-21-13-7-5-6-12(16)14(13)15(20)18-11-8-17-19(9-11)10(2)3/h5-10H,4,16H2,1-3H3,(H,18,20). The molecule has 0 unspecified atom stereocenters. The summed E-state index contributed by atoms with van der Waals surface area (Å²) in [6.07, 6.45) is 3.39. The third-order valence-corrected chi connectivity index (χ3v) is 2.97. The number of hydrogen-bond acceptors (Lipinski definition) is 4. The number of nitrogens with zero attached hydrogens (tertiary/aromatic N) is 2. The number of ether oxygens (including phenoxy) is 1. The maximum absolute atomic E-state index is 12.4. The summed E-state index contributed by atoms with van der Waals surface area (Å²) < 4.78 is 7.23. The van der Waals surface area contributed by atoms with Crippen molar-refractivity contribution in [2.75, 3.05) is 17.7 Å². The average Bonchev–Trinajstić information content (AvgIpc) is 2.87. The second-order valence-corrected chi connectivity index (χ2v) is 4.91. The van der Waals surface area contributed by atoms with Gasteiger partial charge in [-0.3, -0.25) is 9.48 Å². The van der Waals surface area contributed by atoms with Crippen LogP contribution in [0.15, 0.2) is 30.6 Å². The minimum Gasteiger partial charge on any atom is -0.493 e. The van der Waals surface area contributed by atoms with Gasteiger partial charge in [0.05, 0.1) is 18.5 Å². The summed E-state index contributed by atoms with van der Waals surface area (Å²) in [6, 6.07) is 5.39. The van der Waals surface area contributed by atoms with Crippen LogP contribution in [0.25, 0.3) is 0 Å². The van der Waals surface area contributed by atoms with Gasteiger partial charge >= 0.3 is 0 Å². The quantitative estimate of drug-likeness (QED) is 0.829. The average molecular weight is 288 g/mol. The number of amides is 1. The van der Waals surface area contributed by atoms with Gasteiger partial charge in [-0.15, -0.1) is 0 Å². The maximum Gasteiger partial charge on any atom is 0.261 e. The predicted molar refractivity (Wildman–Crippen MR) is 82.6 cm³/mol. The van der Waals surface area contributed by atoms with Crippen LogP contribution in [0.4, 0.5) is 11.4 Å². The van der Waals surface area contributed by atoms with Crippen molar-refractivity contribution in [2.45, 2.75) is 26.8 Å². The van der Waals surface area contributed by atoms with Crippen LogP contribution in [0.5, 0.6) is 5.75 Å². The van der Waals surface area contributed by atoms with Gasteiger partial charge in [-0.2, -0.15) is 5.10 Å². The van der Waals surface area contributed by atoms with Gasteiger partial charge in [0, 0.05) is 17.9 Å². The van der Waals surface area contributed by atoms with E-state index in [1.165, 1.54) is 0 Å². The van der Waals surface area contributed by atoms with Gasteiger partial charge in [0.15, 0.2) is 0 Å². The van der Waals surface area contributed by atoms with Crippen molar-refractivity contribution >= 4 is 17.3 Å². The second-order valence-electron chi connectivity index (χ2n) is 4.91. The highest BCUT2D eigenvalue weighted by atomic mass is 16.5. The number of anilines is 2. The molecule has 0 atom stereocenters. The number of nitrogens with one attached hydrogen (secondary N) is 1. The van der Waals surface area contributed by atoms with Gasteiger partial charge in [0.25, 0.3) is 5.91 Å². The Bertz CT molecular complexity index is 634. The molecule has 0 radical (unpaired) electrons. The fourth-order valence-corrected chi connectivity index (χ4v) is 1.95. The van der Waals surface area contributed by atoms with Gasteiger partial charge in [-0.25, -0.2) is 0 Å². The number of rotatable bonds is 5. The van der Waals surface area contributed by atoms with E-state index in [1.807, 2.05) is 20.8 Å². The molecule has 1 aromatic heterocycles. The lowest BCUT2D eigenvalue weighted by Gasteiger charge is -2.12. The highest BCUT2D eigenvalue weighted by Gasteiger charge is 2.17. The van der Waals surface area contributed by atoms with Crippen LogP contribution in [0.3, 0.4) is 0 Å². The molecule has 0 fully saturated rings. The van der Waals surface area contributed by atoms with E-state index in [1.54, 1.807) is 35.3 Å². The minimum atomic E-state index is -0.306. The normalized spacial score (nSPS) is 10.7. The molecule has 1 aromatic carbocycles. The van der Waals surface area contributed by atoms with Gasteiger partial charge in [-0.05, 0) is 32.9 Å². The van der Waals surface area contributed by atoms with Crippen molar-refractivity contribution in [3.8, 4) is 5.75 Å². The van der Waals surface area contributed by atoms with E-state index < -0.39 is 0 Å². The van der Waals surface area contributed by atoms with E-state index in [9.17, 15) is 4.79 Å². The zero-order chi connectivity index (χ0) is 15.4. The molecule has 0 aliphatic heterocycles. The molecule has 1 amide bonds. The first-order valence-corrected chi connectivity index (χ1v) is 6.89. The highest BCUT2D eigenvalue weighted by Crippen LogP contribution is 2.25. The number of carbonyl (C=O) groups is 1. The van der Waals surface area contributed by atoms with Crippen molar-refractivity contribution < 1.29 is 9.53 Å². The molecule has 21 heavy (non-hydrogen) atoms. The zero-order valence-electron chi connectivity index (χ0n) is 12.5. The Morgan fingerprint density at radius 3 is 2.86 bits per heavy atom. The number of benzene rings is 1. The smallest absolute Gasteiger partial charge is 0.261 e. The number of aromatic nitrogens is 2. The number of hydrogen-bond donors (Lipinski definition) is 2. The van der Waals surface area contributed by atoms with Crippen LogP contribution in [0, 0.1) is 0 Å². The monoisotopic (exact) mass is 288 g/mol. The summed E-state index contributed by atoms with van der Waals surface area (Å²) in [6.45, 7) is 6.36. The van der Waals surface area contributed by atoms with E-state index in [0.717, 1.165) is 0 Å². The molecule has 0 aliphatic rings. The lowest BCUT2D eigenvalue weighted by molar-refractivity contribution is 0.102. The molecule has 3 N–H and O–H groups in total. The largest absolute Gasteiger partial charge is 0.493 e. The number of nitrogens with two attached hydrogens (primary N) is 1. The van der Waals surface area contributed by atoms with Gasteiger partial charge in [0.2, 0.25) is 0 Å². The van der Waals surface area contributed by atoms with Gasteiger partial charge in [0.1, 0.15) is 11.3 Å². The van der Waals surface area contributed by atoms with E-state index >= 15 is 0 Å². The summed E-state index contributed by atoms with van der Waals surface area (Å²) in [5.74, 6) is 0.172. The van der Waals surface area contributed by atoms with Crippen LogP contribution in [0.1, 0.15) is 37.2 Å².